The quantitative estimate of drug-likeness (QED) is 0.667. The Labute approximate surface area is 122 Å². The molecule has 2 unspecified atom stereocenters. The van der Waals surface area contributed by atoms with Crippen LogP contribution in [0.5, 0.6) is 0 Å². The Morgan fingerprint density at radius 3 is 2.40 bits per heavy atom. The van der Waals surface area contributed by atoms with Crippen LogP contribution in [0.1, 0.15) is 30.4 Å². The summed E-state index contributed by atoms with van der Waals surface area (Å²) in [6.45, 7) is 1.88. The van der Waals surface area contributed by atoms with Gasteiger partial charge >= 0.3 is 0 Å². The number of rotatable bonds is 2. The van der Waals surface area contributed by atoms with Gasteiger partial charge < -0.3 is 5.73 Å². The van der Waals surface area contributed by atoms with E-state index in [1.165, 1.54) is 4.90 Å². The van der Waals surface area contributed by atoms with Crippen molar-refractivity contribution in [1.82, 2.24) is 0 Å². The van der Waals surface area contributed by atoms with Crippen molar-refractivity contribution in [1.29, 1.82) is 0 Å². The highest BCUT2D eigenvalue weighted by molar-refractivity contribution is 7.80. The van der Waals surface area contributed by atoms with E-state index in [4.69, 9.17) is 18.0 Å². The van der Waals surface area contributed by atoms with Gasteiger partial charge in [-0.15, -0.1) is 0 Å². The second kappa shape index (κ2) is 4.66. The molecule has 1 aromatic carbocycles. The first-order chi connectivity index (χ1) is 9.49. The molecule has 1 aliphatic heterocycles. The molecule has 1 heterocycles. The highest BCUT2D eigenvalue weighted by Gasteiger charge is 2.46. The van der Waals surface area contributed by atoms with Gasteiger partial charge in [0, 0.05) is 17.4 Å². The number of carbonyl (C=O) groups excluding carboxylic acids is 2. The summed E-state index contributed by atoms with van der Waals surface area (Å²) in [7, 11) is 0. The SMILES string of the molecule is Cc1ccc(C(N)=S)cc1N1C(=O)C2CCC(C2)C1=O. The summed E-state index contributed by atoms with van der Waals surface area (Å²) in [6.07, 6.45) is 2.35. The van der Waals surface area contributed by atoms with E-state index in [-0.39, 0.29) is 28.6 Å². The second-order valence-electron chi connectivity index (χ2n) is 5.58. The minimum absolute atomic E-state index is 0.00872. The number of aryl methyl sites for hydroxylation is 1. The summed E-state index contributed by atoms with van der Waals surface area (Å²) in [5.74, 6) is -0.171. The Kier molecular flexibility index (Phi) is 3.09. The number of fused-ring (bicyclic) bond motifs is 2. The summed E-state index contributed by atoms with van der Waals surface area (Å²) >= 11 is 4.97. The molecule has 3 rings (SSSR count). The molecule has 0 aromatic heterocycles. The van der Waals surface area contributed by atoms with Crippen molar-refractivity contribution in [3.05, 3.63) is 29.3 Å². The maximum Gasteiger partial charge on any atom is 0.236 e. The monoisotopic (exact) mass is 288 g/mol. The van der Waals surface area contributed by atoms with Crippen molar-refractivity contribution in [2.75, 3.05) is 4.90 Å². The Balaban J connectivity index is 2.07. The number of imide groups is 1. The van der Waals surface area contributed by atoms with E-state index in [1.807, 2.05) is 19.1 Å². The lowest BCUT2D eigenvalue weighted by atomic mass is 9.95. The molecule has 104 valence electrons. The molecule has 2 atom stereocenters. The van der Waals surface area contributed by atoms with Crippen LogP contribution in [0.15, 0.2) is 18.2 Å². The molecule has 2 amide bonds. The molecule has 2 aliphatic rings. The van der Waals surface area contributed by atoms with Gasteiger partial charge in [-0.1, -0.05) is 24.4 Å². The fourth-order valence-corrected chi connectivity index (χ4v) is 3.27. The van der Waals surface area contributed by atoms with E-state index >= 15 is 0 Å². The number of hydrogen-bond acceptors (Lipinski definition) is 3. The zero-order chi connectivity index (χ0) is 14.4. The molecule has 4 nitrogen and oxygen atoms in total. The molecular formula is C15H16N2O2S. The average Bonchev–Trinajstić information content (AvgIpc) is 2.85. The Morgan fingerprint density at radius 1 is 1.25 bits per heavy atom. The topological polar surface area (TPSA) is 63.4 Å². The van der Waals surface area contributed by atoms with Crippen LogP contribution in [0.3, 0.4) is 0 Å². The first-order valence-corrected chi connectivity index (χ1v) is 7.18. The lowest BCUT2D eigenvalue weighted by Gasteiger charge is -2.31. The van der Waals surface area contributed by atoms with Crippen LogP contribution in [-0.2, 0) is 9.59 Å². The number of thiocarbonyl (C=S) groups is 1. The van der Waals surface area contributed by atoms with Gasteiger partial charge in [0.25, 0.3) is 0 Å². The van der Waals surface area contributed by atoms with Gasteiger partial charge in [0.1, 0.15) is 4.99 Å². The van der Waals surface area contributed by atoms with Crippen LogP contribution in [0.25, 0.3) is 0 Å². The standard InChI is InChI=1S/C15H16N2O2S/c1-8-2-3-9(13(16)20)7-12(8)17-14(18)10-4-5-11(6-10)15(17)19/h2-3,7,10-11H,4-6H2,1H3,(H2,16,20). The fourth-order valence-electron chi connectivity index (χ4n) is 3.14. The van der Waals surface area contributed by atoms with Crippen molar-refractivity contribution in [2.24, 2.45) is 17.6 Å². The van der Waals surface area contributed by atoms with Crippen LogP contribution in [0, 0.1) is 18.8 Å². The van der Waals surface area contributed by atoms with Crippen LogP contribution in [0.2, 0.25) is 0 Å². The summed E-state index contributed by atoms with van der Waals surface area (Å²) in [5.41, 5.74) is 7.83. The zero-order valence-electron chi connectivity index (χ0n) is 11.3. The number of nitrogens with zero attached hydrogens (tertiary/aromatic N) is 1. The van der Waals surface area contributed by atoms with Crippen LogP contribution >= 0.6 is 12.2 Å². The molecule has 0 spiro atoms. The summed E-state index contributed by atoms with van der Waals surface area (Å²) in [6, 6.07) is 5.41. The molecule has 2 N–H and O–H groups in total. The zero-order valence-corrected chi connectivity index (χ0v) is 12.1. The van der Waals surface area contributed by atoms with Crippen molar-refractivity contribution in [2.45, 2.75) is 26.2 Å². The summed E-state index contributed by atoms with van der Waals surface area (Å²) in [5, 5.41) is 0. The molecule has 5 heteroatoms. The van der Waals surface area contributed by atoms with Gasteiger partial charge in [-0.25, -0.2) is 4.90 Å². The normalized spacial score (nSPS) is 25.1. The largest absolute Gasteiger partial charge is 0.389 e. The van der Waals surface area contributed by atoms with E-state index in [0.29, 0.717) is 17.7 Å². The molecular weight excluding hydrogens is 272 g/mol. The van der Waals surface area contributed by atoms with Gasteiger partial charge in [-0.2, -0.15) is 0 Å². The summed E-state index contributed by atoms with van der Waals surface area (Å²) < 4.78 is 0. The van der Waals surface area contributed by atoms with Crippen molar-refractivity contribution in [3.8, 4) is 0 Å². The number of amides is 2. The molecule has 20 heavy (non-hydrogen) atoms. The Bertz CT molecular complexity index is 604. The van der Waals surface area contributed by atoms with Crippen molar-refractivity contribution < 1.29 is 9.59 Å². The lowest BCUT2D eigenvalue weighted by molar-refractivity contribution is -0.133. The number of carbonyl (C=O) groups is 2. The fraction of sp³-hybridized carbons (Fsp3) is 0.400. The molecule has 1 aliphatic carbocycles. The van der Waals surface area contributed by atoms with Gasteiger partial charge in [0.05, 0.1) is 5.69 Å². The van der Waals surface area contributed by atoms with Gasteiger partial charge in [-0.05, 0) is 37.8 Å². The van der Waals surface area contributed by atoms with E-state index in [2.05, 4.69) is 0 Å². The van der Waals surface area contributed by atoms with Crippen molar-refractivity contribution in [3.63, 3.8) is 0 Å². The summed E-state index contributed by atoms with van der Waals surface area (Å²) in [4.78, 5) is 26.6. The molecule has 2 fully saturated rings. The van der Waals surface area contributed by atoms with Crippen LogP contribution in [-0.4, -0.2) is 16.8 Å². The minimum atomic E-state index is -0.0769. The van der Waals surface area contributed by atoms with Crippen molar-refractivity contribution >= 4 is 34.7 Å². The Hall–Kier alpha value is -1.75. The molecule has 1 saturated heterocycles. The minimum Gasteiger partial charge on any atom is -0.389 e. The third kappa shape index (κ3) is 1.93. The Morgan fingerprint density at radius 2 is 1.85 bits per heavy atom. The number of hydrogen-bond donors (Lipinski definition) is 1. The van der Waals surface area contributed by atoms with Gasteiger partial charge in [0.15, 0.2) is 0 Å². The number of piperidine rings is 1. The van der Waals surface area contributed by atoms with E-state index < -0.39 is 0 Å². The lowest BCUT2D eigenvalue weighted by Crippen LogP contribution is -2.46. The third-order valence-corrected chi connectivity index (χ3v) is 4.54. The van der Waals surface area contributed by atoms with E-state index in [1.54, 1.807) is 6.07 Å². The highest BCUT2D eigenvalue weighted by Crippen LogP contribution is 2.40. The maximum atomic E-state index is 12.5. The number of benzene rings is 1. The smallest absolute Gasteiger partial charge is 0.236 e. The van der Waals surface area contributed by atoms with E-state index in [0.717, 1.165) is 18.4 Å². The molecule has 2 bridgehead atoms. The van der Waals surface area contributed by atoms with E-state index in [9.17, 15) is 9.59 Å². The molecule has 0 radical (unpaired) electrons. The molecule has 1 aromatic rings. The number of anilines is 1. The third-order valence-electron chi connectivity index (χ3n) is 4.31. The van der Waals surface area contributed by atoms with Crippen LogP contribution < -0.4 is 10.6 Å². The first kappa shape index (κ1) is 13.2. The van der Waals surface area contributed by atoms with Crippen LogP contribution in [0.4, 0.5) is 5.69 Å². The highest BCUT2D eigenvalue weighted by atomic mass is 32.1. The van der Waals surface area contributed by atoms with Gasteiger partial charge in [0.2, 0.25) is 11.8 Å². The molecule has 1 saturated carbocycles. The first-order valence-electron chi connectivity index (χ1n) is 6.77. The number of nitrogens with two attached hydrogens (primary N) is 1. The predicted molar refractivity (Wildman–Crippen MR) is 80.4 cm³/mol. The van der Waals surface area contributed by atoms with Gasteiger partial charge in [-0.3, -0.25) is 9.59 Å². The maximum absolute atomic E-state index is 12.5. The second-order valence-corrected chi connectivity index (χ2v) is 6.02. The predicted octanol–water partition coefficient (Wildman–Crippen LogP) is 1.92. The average molecular weight is 288 g/mol.